The van der Waals surface area contributed by atoms with Crippen molar-refractivity contribution in [2.75, 3.05) is 0 Å². The maximum atomic E-state index is 11.6. The molecule has 0 aromatic carbocycles. The second kappa shape index (κ2) is 6.58. The van der Waals surface area contributed by atoms with E-state index in [0.29, 0.717) is 11.7 Å². The molecule has 0 saturated heterocycles. The van der Waals surface area contributed by atoms with E-state index in [2.05, 4.69) is 22.2 Å². The van der Waals surface area contributed by atoms with Gasteiger partial charge in [0.25, 0.3) is 0 Å². The van der Waals surface area contributed by atoms with Gasteiger partial charge in [-0.25, -0.2) is 14.6 Å². The highest BCUT2D eigenvalue weighted by Crippen LogP contribution is 2.11. The van der Waals surface area contributed by atoms with Gasteiger partial charge in [-0.05, 0) is 20.3 Å². The molecule has 104 valence electrons. The number of hydrogen-bond donors (Lipinski definition) is 3. The molecule has 2 amide bonds. The Labute approximate surface area is 110 Å². The Bertz CT molecular complexity index is 469. The van der Waals surface area contributed by atoms with Crippen LogP contribution in [0.2, 0.25) is 0 Å². The summed E-state index contributed by atoms with van der Waals surface area (Å²) in [6, 6.07) is -2.06. The molecule has 0 spiro atoms. The molecule has 1 rings (SSSR count). The summed E-state index contributed by atoms with van der Waals surface area (Å²) in [6.45, 7) is 6.87. The number of carboxylic acid groups (broad SMARTS) is 1. The molecule has 0 aliphatic heterocycles. The molecule has 0 radical (unpaired) electrons. The third-order valence-electron chi connectivity index (χ3n) is 2.36. The number of carbonyl (C=O) groups is 2. The van der Waals surface area contributed by atoms with E-state index < -0.39 is 24.1 Å². The minimum atomic E-state index is -1.12. The standard InChI is InChI=1S/C12H17N3O4/c1-4-5-9(11(16)17)15-12(18)14-8(3)10-13-6-7(2)19-10/h4,6,8-9H,1,5H2,2-3H3,(H,16,17)(H2,14,15,18). The number of hydrogen-bond acceptors (Lipinski definition) is 4. The third-order valence-corrected chi connectivity index (χ3v) is 2.36. The van der Waals surface area contributed by atoms with Crippen LogP contribution in [0.4, 0.5) is 4.79 Å². The normalized spacial score (nSPS) is 13.4. The average Bonchev–Trinajstić information content (AvgIpc) is 2.75. The highest BCUT2D eigenvalue weighted by atomic mass is 16.4. The number of urea groups is 1. The first-order valence-corrected chi connectivity index (χ1v) is 5.77. The number of aliphatic carboxylic acids is 1. The first-order valence-electron chi connectivity index (χ1n) is 5.77. The van der Waals surface area contributed by atoms with Gasteiger partial charge in [0.2, 0.25) is 5.89 Å². The molecular formula is C12H17N3O4. The Morgan fingerprint density at radius 2 is 2.26 bits per heavy atom. The Hall–Kier alpha value is -2.31. The van der Waals surface area contributed by atoms with Gasteiger partial charge in [0, 0.05) is 0 Å². The van der Waals surface area contributed by atoms with E-state index in [4.69, 9.17) is 9.52 Å². The van der Waals surface area contributed by atoms with Crippen molar-refractivity contribution in [3.05, 3.63) is 30.5 Å². The fourth-order valence-electron chi connectivity index (χ4n) is 1.42. The van der Waals surface area contributed by atoms with Crippen molar-refractivity contribution >= 4 is 12.0 Å². The zero-order valence-corrected chi connectivity index (χ0v) is 10.8. The number of oxazole rings is 1. The van der Waals surface area contributed by atoms with Gasteiger partial charge in [0.05, 0.1) is 6.20 Å². The van der Waals surface area contributed by atoms with Crippen LogP contribution in [0, 0.1) is 6.92 Å². The van der Waals surface area contributed by atoms with Gasteiger partial charge >= 0.3 is 12.0 Å². The van der Waals surface area contributed by atoms with E-state index >= 15 is 0 Å². The molecule has 0 aliphatic rings. The molecule has 7 heteroatoms. The van der Waals surface area contributed by atoms with Crippen molar-refractivity contribution in [3.8, 4) is 0 Å². The van der Waals surface area contributed by atoms with Crippen LogP contribution in [-0.4, -0.2) is 28.1 Å². The van der Waals surface area contributed by atoms with Crippen molar-refractivity contribution in [1.82, 2.24) is 15.6 Å². The van der Waals surface area contributed by atoms with Crippen LogP contribution in [-0.2, 0) is 4.79 Å². The summed E-state index contributed by atoms with van der Waals surface area (Å²) >= 11 is 0. The molecule has 0 saturated carbocycles. The van der Waals surface area contributed by atoms with Gasteiger partial charge < -0.3 is 20.2 Å². The minimum Gasteiger partial charge on any atom is -0.480 e. The number of amides is 2. The van der Waals surface area contributed by atoms with E-state index in [9.17, 15) is 9.59 Å². The number of aromatic nitrogens is 1. The summed E-state index contributed by atoms with van der Waals surface area (Å²) in [7, 11) is 0. The van der Waals surface area contributed by atoms with Gasteiger partial charge in [-0.15, -0.1) is 6.58 Å². The second-order valence-electron chi connectivity index (χ2n) is 4.06. The van der Waals surface area contributed by atoms with Crippen LogP contribution in [0.5, 0.6) is 0 Å². The zero-order valence-electron chi connectivity index (χ0n) is 10.8. The van der Waals surface area contributed by atoms with E-state index in [-0.39, 0.29) is 6.42 Å². The Kier molecular flexibility index (Phi) is 5.11. The van der Waals surface area contributed by atoms with E-state index in [1.54, 1.807) is 20.0 Å². The topological polar surface area (TPSA) is 104 Å². The van der Waals surface area contributed by atoms with Crippen LogP contribution < -0.4 is 10.6 Å². The largest absolute Gasteiger partial charge is 0.480 e. The summed E-state index contributed by atoms with van der Waals surface area (Å²) in [5.41, 5.74) is 0. The molecule has 0 aliphatic carbocycles. The first kappa shape index (κ1) is 14.7. The molecule has 2 unspecified atom stereocenters. The number of carbonyl (C=O) groups excluding carboxylic acids is 1. The average molecular weight is 267 g/mol. The van der Waals surface area contributed by atoms with Crippen LogP contribution in [0.25, 0.3) is 0 Å². The summed E-state index contributed by atoms with van der Waals surface area (Å²) in [5, 5.41) is 13.8. The first-order chi connectivity index (χ1) is 8.93. The number of rotatable bonds is 6. The molecule has 1 aromatic rings. The zero-order chi connectivity index (χ0) is 14.4. The lowest BCUT2D eigenvalue weighted by molar-refractivity contribution is -0.139. The molecule has 1 aromatic heterocycles. The van der Waals surface area contributed by atoms with Gasteiger partial charge in [-0.3, -0.25) is 0 Å². The van der Waals surface area contributed by atoms with Crippen LogP contribution in [0.3, 0.4) is 0 Å². The Morgan fingerprint density at radius 1 is 1.58 bits per heavy atom. The second-order valence-corrected chi connectivity index (χ2v) is 4.06. The number of aryl methyl sites for hydroxylation is 1. The summed E-state index contributed by atoms with van der Waals surface area (Å²) in [4.78, 5) is 26.5. The van der Waals surface area contributed by atoms with E-state index in [0.717, 1.165) is 0 Å². The molecule has 2 atom stereocenters. The highest BCUT2D eigenvalue weighted by Gasteiger charge is 2.20. The molecule has 0 bridgehead atoms. The minimum absolute atomic E-state index is 0.148. The molecular weight excluding hydrogens is 250 g/mol. The lowest BCUT2D eigenvalue weighted by Gasteiger charge is -2.15. The van der Waals surface area contributed by atoms with Crippen LogP contribution in [0.1, 0.15) is 31.0 Å². The Morgan fingerprint density at radius 3 is 2.74 bits per heavy atom. The number of carboxylic acids is 1. The fourth-order valence-corrected chi connectivity index (χ4v) is 1.42. The number of nitrogens with zero attached hydrogens (tertiary/aromatic N) is 1. The van der Waals surface area contributed by atoms with Gasteiger partial charge in [-0.1, -0.05) is 6.08 Å². The fraction of sp³-hybridized carbons (Fsp3) is 0.417. The molecule has 0 fully saturated rings. The lowest BCUT2D eigenvalue weighted by Crippen LogP contribution is -2.46. The number of nitrogens with one attached hydrogen (secondary N) is 2. The lowest BCUT2D eigenvalue weighted by atomic mass is 10.2. The molecule has 3 N–H and O–H groups in total. The quantitative estimate of drug-likeness (QED) is 0.675. The SMILES string of the molecule is C=CCC(NC(=O)NC(C)c1ncc(C)o1)C(=O)O. The summed E-state index contributed by atoms with van der Waals surface area (Å²) in [6.07, 6.45) is 3.12. The van der Waals surface area contributed by atoms with Crippen molar-refractivity contribution in [2.24, 2.45) is 0 Å². The molecule has 7 nitrogen and oxygen atoms in total. The van der Waals surface area contributed by atoms with Crippen LogP contribution in [0.15, 0.2) is 23.3 Å². The summed E-state index contributed by atoms with van der Waals surface area (Å²) < 4.78 is 5.26. The monoisotopic (exact) mass is 267 g/mol. The van der Waals surface area contributed by atoms with Gasteiger partial charge in [0.15, 0.2) is 0 Å². The predicted molar refractivity (Wildman–Crippen MR) is 67.6 cm³/mol. The van der Waals surface area contributed by atoms with Crippen LogP contribution >= 0.6 is 0 Å². The van der Waals surface area contributed by atoms with E-state index in [1.165, 1.54) is 6.08 Å². The molecule has 19 heavy (non-hydrogen) atoms. The highest BCUT2D eigenvalue weighted by molar-refractivity contribution is 5.82. The van der Waals surface area contributed by atoms with E-state index in [1.807, 2.05) is 0 Å². The van der Waals surface area contributed by atoms with Gasteiger partial charge in [-0.2, -0.15) is 0 Å². The van der Waals surface area contributed by atoms with Crippen molar-refractivity contribution in [3.63, 3.8) is 0 Å². The predicted octanol–water partition coefficient (Wildman–Crippen LogP) is 1.37. The third kappa shape index (κ3) is 4.46. The maximum Gasteiger partial charge on any atom is 0.326 e. The van der Waals surface area contributed by atoms with Crippen molar-refractivity contribution in [1.29, 1.82) is 0 Å². The Balaban J connectivity index is 2.54. The van der Waals surface area contributed by atoms with Gasteiger partial charge in [0.1, 0.15) is 17.8 Å². The van der Waals surface area contributed by atoms with Crippen molar-refractivity contribution < 1.29 is 19.1 Å². The summed E-state index contributed by atoms with van der Waals surface area (Å²) in [5.74, 6) is -0.114. The molecule has 1 heterocycles. The maximum absolute atomic E-state index is 11.6. The van der Waals surface area contributed by atoms with Crippen molar-refractivity contribution in [2.45, 2.75) is 32.4 Å². The smallest absolute Gasteiger partial charge is 0.326 e.